The normalized spacial score (nSPS) is 12.8. The summed E-state index contributed by atoms with van der Waals surface area (Å²) in [5.74, 6) is 0. The fraction of sp³-hybridized carbons (Fsp3) is 0.133. The highest BCUT2D eigenvalue weighted by Crippen LogP contribution is 2.38. The van der Waals surface area contributed by atoms with E-state index in [0.717, 1.165) is 22.8 Å². The van der Waals surface area contributed by atoms with E-state index in [2.05, 4.69) is 35.7 Å². The molecule has 1 aliphatic rings. The van der Waals surface area contributed by atoms with Gasteiger partial charge in [-0.2, -0.15) is 0 Å². The highest BCUT2D eigenvalue weighted by Gasteiger charge is 2.24. The van der Waals surface area contributed by atoms with Crippen LogP contribution in [-0.2, 0) is 6.42 Å². The van der Waals surface area contributed by atoms with Crippen LogP contribution in [0.4, 0.5) is 0 Å². The van der Waals surface area contributed by atoms with Crippen LogP contribution in [0.15, 0.2) is 36.5 Å². The van der Waals surface area contributed by atoms with Gasteiger partial charge in [-0.1, -0.05) is 23.7 Å². The van der Waals surface area contributed by atoms with E-state index in [1.807, 2.05) is 12.1 Å². The third kappa shape index (κ3) is 1.21. The van der Waals surface area contributed by atoms with Crippen molar-refractivity contribution in [3.63, 3.8) is 0 Å². The number of hydrogen-bond acceptors (Lipinski definition) is 1. The third-order valence-electron chi connectivity index (χ3n) is 3.62. The predicted molar refractivity (Wildman–Crippen MR) is 73.2 cm³/mol. The number of nitrogens with zero attached hydrogens (tertiary/aromatic N) is 2. The van der Waals surface area contributed by atoms with Gasteiger partial charge in [0, 0.05) is 23.2 Å². The molecule has 0 aliphatic heterocycles. The smallest absolute Gasteiger partial charge is 0.140 e. The number of hydrogen-bond donors (Lipinski definition) is 0. The zero-order valence-corrected chi connectivity index (χ0v) is 10.7. The van der Waals surface area contributed by atoms with Crippen molar-refractivity contribution >= 4 is 17.2 Å². The molecule has 0 spiro atoms. The van der Waals surface area contributed by atoms with E-state index in [1.54, 1.807) is 0 Å². The van der Waals surface area contributed by atoms with Crippen LogP contribution in [0.2, 0.25) is 5.02 Å². The molecule has 0 fully saturated rings. The molecule has 0 bridgehead atoms. The Morgan fingerprint density at radius 2 is 2.17 bits per heavy atom. The molecule has 18 heavy (non-hydrogen) atoms. The van der Waals surface area contributed by atoms with Crippen molar-refractivity contribution in [2.75, 3.05) is 0 Å². The summed E-state index contributed by atoms with van der Waals surface area (Å²) in [6.07, 6.45) is 3.00. The summed E-state index contributed by atoms with van der Waals surface area (Å²) in [7, 11) is 0. The molecule has 0 radical (unpaired) electrons. The maximum Gasteiger partial charge on any atom is 0.140 e. The first-order valence-corrected chi connectivity index (χ1v) is 6.37. The van der Waals surface area contributed by atoms with Gasteiger partial charge in [0.15, 0.2) is 0 Å². The first-order valence-electron chi connectivity index (χ1n) is 5.99. The van der Waals surface area contributed by atoms with Crippen LogP contribution in [0.3, 0.4) is 0 Å². The highest BCUT2D eigenvalue weighted by atomic mass is 35.5. The van der Waals surface area contributed by atoms with Crippen LogP contribution >= 0.6 is 11.6 Å². The number of rotatable bonds is 0. The Morgan fingerprint density at radius 3 is 3.06 bits per heavy atom. The minimum Gasteiger partial charge on any atom is -0.303 e. The lowest BCUT2D eigenvalue weighted by Crippen LogP contribution is -1.92. The van der Waals surface area contributed by atoms with Crippen molar-refractivity contribution in [2.24, 2.45) is 0 Å². The van der Waals surface area contributed by atoms with Crippen LogP contribution < -0.4 is 0 Å². The summed E-state index contributed by atoms with van der Waals surface area (Å²) in [5, 5.41) is 0.796. The Balaban J connectivity index is 2.07. The topological polar surface area (TPSA) is 17.3 Å². The zero-order valence-electron chi connectivity index (χ0n) is 9.94. The van der Waals surface area contributed by atoms with Gasteiger partial charge >= 0.3 is 0 Å². The van der Waals surface area contributed by atoms with Crippen molar-refractivity contribution in [2.45, 2.75) is 13.3 Å². The first-order chi connectivity index (χ1) is 8.74. The molecule has 1 aliphatic carbocycles. The number of fused-ring (bicyclic) bond motifs is 5. The van der Waals surface area contributed by atoms with E-state index in [0.29, 0.717) is 0 Å². The molecule has 2 heterocycles. The summed E-state index contributed by atoms with van der Waals surface area (Å²) in [4.78, 5) is 4.78. The number of aromatic nitrogens is 2. The van der Waals surface area contributed by atoms with Crippen LogP contribution in [0, 0.1) is 6.92 Å². The van der Waals surface area contributed by atoms with E-state index in [1.165, 1.54) is 22.4 Å². The molecule has 0 N–H and O–H groups in total. The number of halogens is 1. The molecule has 0 unspecified atom stereocenters. The van der Waals surface area contributed by atoms with E-state index >= 15 is 0 Å². The third-order valence-corrected chi connectivity index (χ3v) is 3.86. The molecular weight excluding hydrogens is 244 g/mol. The lowest BCUT2D eigenvalue weighted by molar-refractivity contribution is 1.04. The average Bonchev–Trinajstić information content (AvgIpc) is 2.86. The maximum atomic E-state index is 6.05. The van der Waals surface area contributed by atoms with Crippen LogP contribution in [0.25, 0.3) is 16.9 Å². The number of benzene rings is 1. The summed E-state index contributed by atoms with van der Waals surface area (Å²) in [6, 6.07) is 10.2. The van der Waals surface area contributed by atoms with Gasteiger partial charge in [-0.15, -0.1) is 0 Å². The number of imidazole rings is 1. The van der Waals surface area contributed by atoms with Gasteiger partial charge in [-0.3, -0.25) is 0 Å². The van der Waals surface area contributed by atoms with E-state index in [9.17, 15) is 0 Å². The lowest BCUT2D eigenvalue weighted by Gasteiger charge is -2.01. The molecule has 1 aromatic carbocycles. The van der Waals surface area contributed by atoms with E-state index in [4.69, 9.17) is 16.6 Å². The van der Waals surface area contributed by atoms with E-state index in [-0.39, 0.29) is 0 Å². The van der Waals surface area contributed by atoms with Crippen molar-refractivity contribution in [3.05, 3.63) is 58.4 Å². The lowest BCUT2D eigenvalue weighted by atomic mass is 10.1. The molecule has 0 saturated carbocycles. The standard InChI is InChI=1S/C15H11ClN2/c1-9-3-2-6-18-13-8-10-7-11(16)4-5-12(10)14(13)17-15(9)18/h2-7H,8H2,1H3. The van der Waals surface area contributed by atoms with Gasteiger partial charge in [-0.25, -0.2) is 4.98 Å². The van der Waals surface area contributed by atoms with Gasteiger partial charge in [-0.05, 0) is 36.2 Å². The predicted octanol–water partition coefficient (Wildman–Crippen LogP) is 3.87. The Bertz CT molecular complexity index is 787. The van der Waals surface area contributed by atoms with Crippen molar-refractivity contribution in [1.82, 2.24) is 9.38 Å². The van der Waals surface area contributed by atoms with Crippen molar-refractivity contribution in [3.8, 4) is 11.3 Å². The quantitative estimate of drug-likeness (QED) is 0.466. The van der Waals surface area contributed by atoms with Crippen molar-refractivity contribution in [1.29, 1.82) is 0 Å². The molecule has 4 rings (SSSR count). The minimum atomic E-state index is 0.796. The summed E-state index contributed by atoms with van der Waals surface area (Å²) < 4.78 is 2.19. The second-order valence-corrected chi connectivity index (χ2v) is 5.21. The largest absolute Gasteiger partial charge is 0.303 e. The SMILES string of the molecule is Cc1cccn2c3c(nc12)-c1ccc(Cl)cc1C3. The molecule has 2 aromatic heterocycles. The monoisotopic (exact) mass is 254 g/mol. The number of pyridine rings is 1. The van der Waals surface area contributed by atoms with Crippen molar-refractivity contribution < 1.29 is 0 Å². The summed E-state index contributed by atoms with van der Waals surface area (Å²) in [5.41, 5.74) is 7.14. The molecule has 3 aromatic rings. The molecule has 88 valence electrons. The van der Waals surface area contributed by atoms with Gasteiger partial charge < -0.3 is 4.40 Å². The molecule has 3 heteroatoms. The van der Waals surface area contributed by atoms with Gasteiger partial charge in [0.2, 0.25) is 0 Å². The zero-order chi connectivity index (χ0) is 12.3. The Morgan fingerprint density at radius 1 is 1.28 bits per heavy atom. The fourth-order valence-corrected chi connectivity index (χ4v) is 2.95. The van der Waals surface area contributed by atoms with E-state index < -0.39 is 0 Å². The highest BCUT2D eigenvalue weighted by molar-refractivity contribution is 6.30. The van der Waals surface area contributed by atoms with Crippen LogP contribution in [0.5, 0.6) is 0 Å². The molecular formula is C15H11ClN2. The Hall–Kier alpha value is -1.80. The molecule has 0 atom stereocenters. The summed E-state index contributed by atoms with van der Waals surface area (Å²) in [6.45, 7) is 2.10. The van der Waals surface area contributed by atoms with Crippen LogP contribution in [0.1, 0.15) is 16.8 Å². The second kappa shape index (κ2) is 3.36. The van der Waals surface area contributed by atoms with Gasteiger partial charge in [0.05, 0.1) is 11.4 Å². The Kier molecular flexibility index (Phi) is 1.90. The first kappa shape index (κ1) is 10.2. The number of aryl methyl sites for hydroxylation is 1. The molecule has 2 nitrogen and oxygen atoms in total. The minimum absolute atomic E-state index is 0.796. The van der Waals surface area contributed by atoms with Gasteiger partial charge in [0.25, 0.3) is 0 Å². The van der Waals surface area contributed by atoms with Gasteiger partial charge in [0.1, 0.15) is 5.65 Å². The molecule has 0 saturated heterocycles. The summed E-state index contributed by atoms with van der Waals surface area (Å²) >= 11 is 6.05. The fourth-order valence-electron chi connectivity index (χ4n) is 2.76. The maximum absolute atomic E-state index is 6.05. The average molecular weight is 255 g/mol. The Labute approximate surface area is 110 Å². The molecule has 0 amide bonds. The second-order valence-electron chi connectivity index (χ2n) is 4.77. The van der Waals surface area contributed by atoms with Crippen LogP contribution in [-0.4, -0.2) is 9.38 Å².